The van der Waals surface area contributed by atoms with Gasteiger partial charge in [0.05, 0.1) is 20.3 Å². The summed E-state index contributed by atoms with van der Waals surface area (Å²) < 4.78 is 10.6. The Balaban J connectivity index is 1.84. The number of benzene rings is 3. The molecule has 0 aliphatic rings. The maximum Gasteiger partial charge on any atom is 0.165 e. The lowest BCUT2D eigenvalue weighted by Gasteiger charge is -2.20. The minimum absolute atomic E-state index is 0.0104. The fraction of sp³-hybridized carbons (Fsp3) is 0.174. The van der Waals surface area contributed by atoms with Gasteiger partial charge in [-0.05, 0) is 48.0 Å². The van der Waals surface area contributed by atoms with Gasteiger partial charge in [-0.1, -0.05) is 41.9 Å². The number of hydrogen-bond acceptors (Lipinski definition) is 4. The van der Waals surface area contributed by atoms with Gasteiger partial charge in [0.1, 0.15) is 0 Å². The molecule has 0 aliphatic heterocycles. The Hall–Kier alpha value is -2.98. The van der Waals surface area contributed by atoms with Crippen molar-refractivity contribution in [2.75, 3.05) is 19.5 Å². The second-order valence-electron chi connectivity index (χ2n) is 6.31. The Bertz CT molecular complexity index is 926. The zero-order chi connectivity index (χ0) is 19.9. The predicted octanol–water partition coefficient (Wildman–Crippen LogP) is 5.78. The first-order valence-electron chi connectivity index (χ1n) is 8.93. The quantitative estimate of drug-likeness (QED) is 0.491. The standard InChI is InChI=1S/C23H22ClNO3/c1-27-22-13-8-17(14-23(22)28-2)21(26)15-20(16-6-4-3-5-7-16)25-19-11-9-18(24)10-12-19/h3-14,20,25H,15H2,1-2H3. The second kappa shape index (κ2) is 9.29. The highest BCUT2D eigenvalue weighted by atomic mass is 35.5. The molecule has 0 saturated heterocycles. The van der Waals surface area contributed by atoms with E-state index in [1.54, 1.807) is 32.4 Å². The van der Waals surface area contributed by atoms with E-state index in [-0.39, 0.29) is 11.8 Å². The molecular weight excluding hydrogens is 374 g/mol. The van der Waals surface area contributed by atoms with Crippen LogP contribution in [0.25, 0.3) is 0 Å². The van der Waals surface area contributed by atoms with Gasteiger partial charge >= 0.3 is 0 Å². The summed E-state index contributed by atoms with van der Waals surface area (Å²) in [7, 11) is 3.13. The van der Waals surface area contributed by atoms with Gasteiger partial charge in [0.25, 0.3) is 0 Å². The first-order chi connectivity index (χ1) is 13.6. The van der Waals surface area contributed by atoms with Crippen LogP contribution in [0.5, 0.6) is 11.5 Å². The highest BCUT2D eigenvalue weighted by Gasteiger charge is 2.18. The summed E-state index contributed by atoms with van der Waals surface area (Å²) in [5.74, 6) is 1.14. The van der Waals surface area contributed by atoms with Crippen molar-refractivity contribution in [2.24, 2.45) is 0 Å². The molecule has 0 bridgehead atoms. The fourth-order valence-electron chi connectivity index (χ4n) is 3.00. The molecule has 1 N–H and O–H groups in total. The fourth-order valence-corrected chi connectivity index (χ4v) is 3.12. The molecule has 28 heavy (non-hydrogen) atoms. The van der Waals surface area contributed by atoms with E-state index in [0.717, 1.165) is 11.3 Å². The molecule has 144 valence electrons. The summed E-state index contributed by atoms with van der Waals surface area (Å²) in [6.45, 7) is 0. The third-order valence-electron chi connectivity index (χ3n) is 4.48. The van der Waals surface area contributed by atoms with Crippen LogP contribution in [0.15, 0.2) is 72.8 Å². The number of carbonyl (C=O) groups is 1. The number of rotatable bonds is 8. The van der Waals surface area contributed by atoms with Crippen LogP contribution in [0.4, 0.5) is 5.69 Å². The molecule has 0 radical (unpaired) electrons. The lowest BCUT2D eigenvalue weighted by atomic mass is 9.97. The topological polar surface area (TPSA) is 47.6 Å². The van der Waals surface area contributed by atoms with Gasteiger partial charge < -0.3 is 14.8 Å². The first kappa shape index (κ1) is 19.8. The van der Waals surface area contributed by atoms with Crippen LogP contribution in [-0.4, -0.2) is 20.0 Å². The number of Topliss-reactive ketones (excluding diaryl/α,β-unsaturated/α-hetero) is 1. The molecular formula is C23H22ClNO3. The molecule has 3 aromatic carbocycles. The van der Waals surface area contributed by atoms with E-state index in [4.69, 9.17) is 21.1 Å². The molecule has 4 nitrogen and oxygen atoms in total. The van der Waals surface area contributed by atoms with Gasteiger partial charge in [-0.15, -0.1) is 0 Å². The summed E-state index contributed by atoms with van der Waals surface area (Å²) in [4.78, 5) is 13.0. The number of hydrogen-bond donors (Lipinski definition) is 1. The van der Waals surface area contributed by atoms with Crippen LogP contribution in [0.2, 0.25) is 5.02 Å². The van der Waals surface area contributed by atoms with Crippen LogP contribution < -0.4 is 14.8 Å². The highest BCUT2D eigenvalue weighted by molar-refractivity contribution is 6.30. The molecule has 5 heteroatoms. The summed E-state index contributed by atoms with van der Waals surface area (Å²) in [5.41, 5.74) is 2.51. The molecule has 0 aliphatic carbocycles. The number of ether oxygens (including phenoxy) is 2. The van der Waals surface area contributed by atoms with E-state index in [1.165, 1.54) is 0 Å². The number of halogens is 1. The van der Waals surface area contributed by atoms with Crippen molar-refractivity contribution < 1.29 is 14.3 Å². The summed E-state index contributed by atoms with van der Waals surface area (Å²) in [5, 5.41) is 4.11. The molecule has 0 fully saturated rings. The number of ketones is 1. The third-order valence-corrected chi connectivity index (χ3v) is 4.73. The van der Waals surface area contributed by atoms with Crippen molar-refractivity contribution in [1.29, 1.82) is 0 Å². The third kappa shape index (κ3) is 4.84. The van der Waals surface area contributed by atoms with E-state index < -0.39 is 0 Å². The molecule has 0 aromatic heterocycles. The van der Waals surface area contributed by atoms with Gasteiger partial charge in [-0.2, -0.15) is 0 Å². The van der Waals surface area contributed by atoms with E-state index in [2.05, 4.69) is 5.32 Å². The zero-order valence-electron chi connectivity index (χ0n) is 15.8. The molecule has 0 amide bonds. The SMILES string of the molecule is COc1ccc(C(=O)CC(Nc2ccc(Cl)cc2)c2ccccc2)cc1OC. The Morgan fingerprint density at radius 2 is 1.61 bits per heavy atom. The van der Waals surface area contributed by atoms with Crippen LogP contribution in [0.3, 0.4) is 0 Å². The Morgan fingerprint density at radius 3 is 2.25 bits per heavy atom. The Labute approximate surface area is 170 Å². The molecule has 0 saturated carbocycles. The summed E-state index contributed by atoms with van der Waals surface area (Å²) in [6.07, 6.45) is 0.294. The van der Waals surface area contributed by atoms with Gasteiger partial charge in [0.2, 0.25) is 0 Å². The first-order valence-corrected chi connectivity index (χ1v) is 9.31. The van der Waals surface area contributed by atoms with Crippen LogP contribution in [0, 0.1) is 0 Å². The molecule has 1 atom stereocenters. The lowest BCUT2D eigenvalue weighted by molar-refractivity contribution is 0.0976. The normalized spacial score (nSPS) is 11.5. The summed E-state index contributed by atoms with van der Waals surface area (Å²) >= 11 is 5.98. The van der Waals surface area contributed by atoms with Crippen molar-refractivity contribution in [1.82, 2.24) is 0 Å². The van der Waals surface area contributed by atoms with E-state index >= 15 is 0 Å². The molecule has 3 rings (SSSR count). The number of methoxy groups -OCH3 is 2. The number of carbonyl (C=O) groups excluding carboxylic acids is 1. The van der Waals surface area contributed by atoms with Crippen molar-refractivity contribution in [3.8, 4) is 11.5 Å². The van der Waals surface area contributed by atoms with Crippen LogP contribution in [0.1, 0.15) is 28.4 Å². The largest absolute Gasteiger partial charge is 0.493 e. The minimum atomic E-state index is -0.178. The van der Waals surface area contributed by atoms with Crippen LogP contribution in [-0.2, 0) is 0 Å². The van der Waals surface area contributed by atoms with E-state index in [9.17, 15) is 4.79 Å². The Kier molecular flexibility index (Phi) is 6.56. The summed E-state index contributed by atoms with van der Waals surface area (Å²) in [6, 6.07) is 22.4. The van der Waals surface area contributed by atoms with Gasteiger partial charge in [0.15, 0.2) is 17.3 Å². The minimum Gasteiger partial charge on any atom is -0.493 e. The lowest BCUT2D eigenvalue weighted by Crippen LogP contribution is -2.16. The van der Waals surface area contributed by atoms with Gasteiger partial charge in [-0.3, -0.25) is 4.79 Å². The van der Waals surface area contributed by atoms with Crippen molar-refractivity contribution >= 4 is 23.1 Å². The van der Waals surface area contributed by atoms with Crippen molar-refractivity contribution in [3.63, 3.8) is 0 Å². The van der Waals surface area contributed by atoms with Crippen molar-refractivity contribution in [2.45, 2.75) is 12.5 Å². The van der Waals surface area contributed by atoms with Gasteiger partial charge in [-0.25, -0.2) is 0 Å². The van der Waals surface area contributed by atoms with Crippen LogP contribution >= 0.6 is 11.6 Å². The maximum atomic E-state index is 13.0. The van der Waals surface area contributed by atoms with Crippen molar-refractivity contribution in [3.05, 3.63) is 88.9 Å². The second-order valence-corrected chi connectivity index (χ2v) is 6.75. The maximum absolute atomic E-state index is 13.0. The van der Waals surface area contributed by atoms with E-state index in [1.807, 2.05) is 54.6 Å². The smallest absolute Gasteiger partial charge is 0.165 e. The zero-order valence-corrected chi connectivity index (χ0v) is 16.6. The average Bonchev–Trinajstić information content (AvgIpc) is 2.74. The molecule has 1 unspecified atom stereocenters. The molecule has 3 aromatic rings. The number of nitrogens with one attached hydrogen (secondary N) is 1. The van der Waals surface area contributed by atoms with Gasteiger partial charge in [0, 0.05) is 22.7 Å². The molecule has 0 spiro atoms. The monoisotopic (exact) mass is 395 g/mol. The predicted molar refractivity (Wildman–Crippen MR) is 113 cm³/mol. The Morgan fingerprint density at radius 1 is 0.929 bits per heavy atom. The average molecular weight is 396 g/mol. The number of anilines is 1. The van der Waals surface area contributed by atoms with E-state index in [0.29, 0.717) is 28.5 Å². The highest BCUT2D eigenvalue weighted by Crippen LogP contribution is 2.30. The molecule has 0 heterocycles.